The van der Waals surface area contributed by atoms with Crippen LogP contribution in [0.3, 0.4) is 0 Å². The molecular formula is C22H23ClN2O4S. The molecule has 0 radical (unpaired) electrons. The largest absolute Gasteiger partial charge is 0.495 e. The fourth-order valence-electron chi connectivity index (χ4n) is 3.96. The van der Waals surface area contributed by atoms with Crippen molar-refractivity contribution in [2.24, 2.45) is 5.14 Å². The quantitative estimate of drug-likeness (QED) is 0.568. The molecule has 0 atom stereocenters. The molecular weight excluding hydrogens is 424 g/mol. The van der Waals surface area contributed by atoms with Gasteiger partial charge in [-0.2, -0.15) is 0 Å². The Balaban J connectivity index is 1.91. The monoisotopic (exact) mass is 446 g/mol. The van der Waals surface area contributed by atoms with Crippen LogP contribution in [-0.2, 0) is 10.0 Å². The van der Waals surface area contributed by atoms with Gasteiger partial charge in [0.25, 0.3) is 0 Å². The second-order valence-corrected chi connectivity index (χ2v) is 9.39. The third-order valence-corrected chi connectivity index (χ3v) is 6.73. The lowest BCUT2D eigenvalue weighted by Crippen LogP contribution is -2.13. The first-order chi connectivity index (χ1) is 14.4. The minimum absolute atomic E-state index is 0.00259. The lowest BCUT2D eigenvalue weighted by molar-refractivity contribution is 0.367. The van der Waals surface area contributed by atoms with Gasteiger partial charge < -0.3 is 9.15 Å². The number of hydrogen-bond acceptors (Lipinski definition) is 5. The van der Waals surface area contributed by atoms with Crippen LogP contribution in [0.5, 0.6) is 5.75 Å². The highest BCUT2D eigenvalue weighted by Crippen LogP contribution is 2.41. The van der Waals surface area contributed by atoms with Gasteiger partial charge in [-0.15, -0.1) is 0 Å². The van der Waals surface area contributed by atoms with Gasteiger partial charge in [0.1, 0.15) is 11.4 Å². The van der Waals surface area contributed by atoms with Crippen LogP contribution >= 0.6 is 11.6 Å². The van der Waals surface area contributed by atoms with Gasteiger partial charge in [0.05, 0.1) is 17.0 Å². The minimum atomic E-state index is -3.95. The summed E-state index contributed by atoms with van der Waals surface area (Å²) in [5, 5.41) is 5.90. The van der Waals surface area contributed by atoms with Crippen molar-refractivity contribution in [3.63, 3.8) is 0 Å². The van der Waals surface area contributed by atoms with Crippen LogP contribution in [0.1, 0.15) is 43.9 Å². The summed E-state index contributed by atoms with van der Waals surface area (Å²) in [4.78, 5) is 4.80. The topological polar surface area (TPSA) is 95.4 Å². The molecule has 2 aromatic carbocycles. The van der Waals surface area contributed by atoms with E-state index in [2.05, 4.69) is 0 Å². The molecule has 158 valence electrons. The Bertz CT molecular complexity index is 1170. The van der Waals surface area contributed by atoms with E-state index in [1.54, 1.807) is 37.4 Å². The van der Waals surface area contributed by atoms with E-state index in [4.69, 9.17) is 30.9 Å². The van der Waals surface area contributed by atoms with E-state index >= 15 is 0 Å². The molecule has 8 heteroatoms. The number of nitrogens with zero attached hydrogens (tertiary/aromatic N) is 1. The number of rotatable bonds is 5. The molecule has 1 saturated carbocycles. The molecule has 0 unspecified atom stereocenters. The van der Waals surface area contributed by atoms with E-state index in [0.717, 1.165) is 25.7 Å². The molecule has 0 amide bonds. The maximum Gasteiger partial charge on any atom is 0.238 e. The second-order valence-electron chi connectivity index (χ2n) is 7.46. The van der Waals surface area contributed by atoms with Crippen LogP contribution in [-0.4, -0.2) is 20.5 Å². The molecule has 0 saturated heterocycles. The van der Waals surface area contributed by atoms with Crippen LogP contribution in [0.2, 0.25) is 5.02 Å². The Kier molecular flexibility index (Phi) is 5.86. The predicted molar refractivity (Wildman–Crippen MR) is 116 cm³/mol. The Morgan fingerprint density at radius 1 is 1.13 bits per heavy atom. The van der Waals surface area contributed by atoms with Crippen LogP contribution in [0, 0.1) is 0 Å². The average molecular weight is 447 g/mol. The lowest BCUT2D eigenvalue weighted by Gasteiger charge is -2.18. The summed E-state index contributed by atoms with van der Waals surface area (Å²) in [5.41, 5.74) is 1.64. The fourth-order valence-corrected chi connectivity index (χ4v) is 4.95. The number of hydrogen-bond donors (Lipinski definition) is 1. The van der Waals surface area contributed by atoms with Gasteiger partial charge in [-0.25, -0.2) is 18.5 Å². The van der Waals surface area contributed by atoms with Crippen molar-refractivity contribution in [3.05, 3.63) is 53.4 Å². The molecule has 6 nitrogen and oxygen atoms in total. The van der Waals surface area contributed by atoms with Gasteiger partial charge >= 0.3 is 0 Å². The first-order valence-corrected chi connectivity index (χ1v) is 11.8. The molecule has 1 aromatic heterocycles. The summed E-state index contributed by atoms with van der Waals surface area (Å²) < 4.78 is 35.9. The average Bonchev–Trinajstić information content (AvgIpc) is 3.19. The van der Waals surface area contributed by atoms with Gasteiger partial charge in [0.15, 0.2) is 11.7 Å². The normalized spacial score (nSPS) is 15.3. The summed E-state index contributed by atoms with van der Waals surface area (Å²) in [6.07, 6.45) is 5.46. The molecule has 1 aliphatic rings. The highest BCUT2D eigenvalue weighted by molar-refractivity contribution is 7.89. The van der Waals surface area contributed by atoms with Crippen LogP contribution in [0.15, 0.2) is 51.8 Å². The zero-order chi connectivity index (χ0) is 21.3. The van der Waals surface area contributed by atoms with Crippen molar-refractivity contribution in [3.8, 4) is 28.3 Å². The molecule has 1 fully saturated rings. The number of benzene rings is 2. The number of oxazole rings is 1. The zero-order valence-electron chi connectivity index (χ0n) is 16.6. The molecule has 30 heavy (non-hydrogen) atoms. The maximum absolute atomic E-state index is 12.2. The number of halogens is 1. The second kappa shape index (κ2) is 8.41. The Morgan fingerprint density at radius 3 is 2.53 bits per heavy atom. The molecule has 0 spiro atoms. The highest BCUT2D eigenvalue weighted by atomic mass is 35.5. The number of nitrogens with two attached hydrogens (primary N) is 1. The molecule has 0 aliphatic heterocycles. The van der Waals surface area contributed by atoms with Crippen molar-refractivity contribution in [2.75, 3.05) is 7.11 Å². The zero-order valence-corrected chi connectivity index (χ0v) is 18.2. The van der Waals surface area contributed by atoms with Crippen molar-refractivity contribution >= 4 is 21.6 Å². The van der Waals surface area contributed by atoms with Crippen LogP contribution in [0.25, 0.3) is 22.6 Å². The molecule has 1 heterocycles. The van der Waals surface area contributed by atoms with Gasteiger partial charge in [-0.05, 0) is 43.2 Å². The highest BCUT2D eigenvalue weighted by Gasteiger charge is 2.27. The van der Waals surface area contributed by atoms with Gasteiger partial charge in [-0.3, -0.25) is 0 Å². The van der Waals surface area contributed by atoms with E-state index in [-0.39, 0.29) is 10.8 Å². The molecule has 1 aliphatic carbocycles. The Labute approximate surface area is 181 Å². The molecule has 0 bridgehead atoms. The summed E-state index contributed by atoms with van der Waals surface area (Å²) in [6, 6.07) is 11.9. The third-order valence-electron chi connectivity index (χ3n) is 5.46. The number of sulfonamides is 1. The van der Waals surface area contributed by atoms with Gasteiger partial charge in [0, 0.05) is 17.0 Å². The SMILES string of the molecule is COc1ccc(-c2nc(C3CCCCC3)oc2-c2ccccc2S(N)(=O)=O)cc1Cl. The van der Waals surface area contributed by atoms with Crippen molar-refractivity contribution in [1.82, 2.24) is 4.98 Å². The third kappa shape index (κ3) is 4.10. The molecule has 3 aromatic rings. The smallest absolute Gasteiger partial charge is 0.238 e. The van der Waals surface area contributed by atoms with Crippen molar-refractivity contribution in [1.29, 1.82) is 0 Å². The standard InChI is InChI=1S/C22H23ClN2O4S/c1-28-18-12-11-15(13-17(18)23)20-21(16-9-5-6-10-19(16)30(24,26)27)29-22(25-20)14-7-3-2-4-8-14/h5-6,9-14H,2-4,7-8H2,1H3,(H2,24,26,27). The van der Waals surface area contributed by atoms with E-state index in [9.17, 15) is 8.42 Å². The van der Waals surface area contributed by atoms with E-state index < -0.39 is 10.0 Å². The Hall–Kier alpha value is -2.35. The van der Waals surface area contributed by atoms with E-state index in [1.165, 1.54) is 12.5 Å². The summed E-state index contributed by atoms with van der Waals surface area (Å²) in [6.45, 7) is 0. The number of primary sulfonamides is 1. The first kappa shape index (κ1) is 20.9. The maximum atomic E-state index is 12.2. The molecule has 4 rings (SSSR count). The summed E-state index contributed by atoms with van der Waals surface area (Å²) in [5.74, 6) is 1.75. The van der Waals surface area contributed by atoms with Gasteiger partial charge in [-0.1, -0.05) is 43.0 Å². The van der Waals surface area contributed by atoms with Crippen LogP contribution in [0.4, 0.5) is 0 Å². The summed E-state index contributed by atoms with van der Waals surface area (Å²) >= 11 is 6.34. The molecule has 2 N–H and O–H groups in total. The van der Waals surface area contributed by atoms with E-state index in [1.807, 2.05) is 6.07 Å². The van der Waals surface area contributed by atoms with Crippen LogP contribution < -0.4 is 9.88 Å². The minimum Gasteiger partial charge on any atom is -0.495 e. The Morgan fingerprint density at radius 2 is 1.87 bits per heavy atom. The fraction of sp³-hybridized carbons (Fsp3) is 0.318. The lowest BCUT2D eigenvalue weighted by atomic mass is 9.89. The number of ether oxygens (including phenoxy) is 1. The van der Waals surface area contributed by atoms with Crippen molar-refractivity contribution < 1.29 is 17.6 Å². The first-order valence-electron chi connectivity index (χ1n) is 9.85. The number of methoxy groups -OCH3 is 1. The van der Waals surface area contributed by atoms with Gasteiger partial charge in [0.2, 0.25) is 10.0 Å². The summed E-state index contributed by atoms with van der Waals surface area (Å²) in [7, 11) is -2.40. The number of aromatic nitrogens is 1. The van der Waals surface area contributed by atoms with Crippen molar-refractivity contribution in [2.45, 2.75) is 42.9 Å². The van der Waals surface area contributed by atoms with E-state index in [0.29, 0.717) is 39.2 Å². The predicted octanol–water partition coefficient (Wildman–Crippen LogP) is 5.37.